The summed E-state index contributed by atoms with van der Waals surface area (Å²) in [6.07, 6.45) is 2.05. The summed E-state index contributed by atoms with van der Waals surface area (Å²) in [4.78, 5) is 26.3. The average Bonchev–Trinajstić information content (AvgIpc) is 2.60. The van der Waals surface area contributed by atoms with Crippen molar-refractivity contribution in [2.75, 3.05) is 29.6 Å². The van der Waals surface area contributed by atoms with Crippen LogP contribution in [0, 0.1) is 0 Å². The zero-order valence-corrected chi connectivity index (χ0v) is 17.0. The van der Waals surface area contributed by atoms with Crippen LogP contribution in [0.1, 0.15) is 18.9 Å². The van der Waals surface area contributed by atoms with Crippen molar-refractivity contribution in [2.45, 2.75) is 26.0 Å². The van der Waals surface area contributed by atoms with Gasteiger partial charge in [0.05, 0.1) is 6.61 Å². The number of thioether (sulfide) groups is 1. The molecule has 0 aliphatic rings. The molecule has 0 aliphatic heterocycles. The second-order valence-corrected chi connectivity index (χ2v) is 7.04. The zero-order chi connectivity index (χ0) is 17.8. The van der Waals surface area contributed by atoms with E-state index >= 15 is 0 Å². The molecular formula is C17H24INO4S. The van der Waals surface area contributed by atoms with Crippen LogP contribution in [0.15, 0.2) is 30.3 Å². The van der Waals surface area contributed by atoms with E-state index in [-0.39, 0.29) is 12.6 Å². The SMILES string of the molecule is CCOC(=O)[C@H](CCSC)N(CCI)C(=O)OCc1ccccc1. The summed E-state index contributed by atoms with van der Waals surface area (Å²) in [7, 11) is 0. The highest BCUT2D eigenvalue weighted by molar-refractivity contribution is 14.1. The highest BCUT2D eigenvalue weighted by Gasteiger charge is 2.31. The summed E-state index contributed by atoms with van der Waals surface area (Å²) in [5.74, 6) is 0.403. The van der Waals surface area contributed by atoms with Crippen molar-refractivity contribution in [3.63, 3.8) is 0 Å². The van der Waals surface area contributed by atoms with Crippen LogP contribution >= 0.6 is 34.4 Å². The van der Waals surface area contributed by atoms with E-state index in [1.807, 2.05) is 36.6 Å². The fourth-order valence-electron chi connectivity index (χ4n) is 2.14. The number of nitrogens with zero attached hydrogens (tertiary/aromatic N) is 1. The van der Waals surface area contributed by atoms with Crippen LogP contribution in [0.2, 0.25) is 0 Å². The van der Waals surface area contributed by atoms with Crippen LogP contribution in [-0.4, -0.2) is 52.6 Å². The Kier molecular flexibility index (Phi) is 10.9. The molecule has 1 aromatic carbocycles. The maximum atomic E-state index is 12.5. The first-order chi connectivity index (χ1) is 11.6. The molecule has 7 heteroatoms. The average molecular weight is 465 g/mol. The first-order valence-corrected chi connectivity index (χ1v) is 10.7. The van der Waals surface area contributed by atoms with Gasteiger partial charge in [-0.25, -0.2) is 9.59 Å². The molecule has 1 amide bonds. The van der Waals surface area contributed by atoms with Crippen LogP contribution in [0.25, 0.3) is 0 Å². The Bertz CT molecular complexity index is 501. The second-order valence-electron chi connectivity index (χ2n) is 4.97. The maximum absolute atomic E-state index is 12.5. The van der Waals surface area contributed by atoms with Gasteiger partial charge in [-0.1, -0.05) is 52.9 Å². The van der Waals surface area contributed by atoms with Crippen molar-refractivity contribution in [3.05, 3.63) is 35.9 Å². The lowest BCUT2D eigenvalue weighted by atomic mass is 10.2. The number of hydrogen-bond acceptors (Lipinski definition) is 5. The van der Waals surface area contributed by atoms with Gasteiger partial charge in [-0.15, -0.1) is 0 Å². The van der Waals surface area contributed by atoms with Gasteiger partial charge in [0.1, 0.15) is 12.6 Å². The van der Waals surface area contributed by atoms with Crippen molar-refractivity contribution in [3.8, 4) is 0 Å². The summed E-state index contributed by atoms with van der Waals surface area (Å²) in [5, 5.41) is 0. The largest absolute Gasteiger partial charge is 0.464 e. The maximum Gasteiger partial charge on any atom is 0.410 e. The number of carbonyl (C=O) groups is 2. The summed E-state index contributed by atoms with van der Waals surface area (Å²) in [5.41, 5.74) is 0.914. The Labute approximate surface area is 161 Å². The van der Waals surface area contributed by atoms with Crippen LogP contribution in [0.3, 0.4) is 0 Å². The molecule has 0 aliphatic carbocycles. The smallest absolute Gasteiger partial charge is 0.410 e. The van der Waals surface area contributed by atoms with E-state index in [0.717, 1.165) is 11.3 Å². The molecule has 0 heterocycles. The molecule has 0 N–H and O–H groups in total. The fraction of sp³-hybridized carbons (Fsp3) is 0.529. The monoisotopic (exact) mass is 465 g/mol. The van der Waals surface area contributed by atoms with Crippen molar-refractivity contribution < 1.29 is 19.1 Å². The predicted octanol–water partition coefficient (Wildman–Crippen LogP) is 3.75. The highest BCUT2D eigenvalue weighted by atomic mass is 127. The third-order valence-electron chi connectivity index (χ3n) is 3.30. The number of ether oxygens (including phenoxy) is 2. The fourth-order valence-corrected chi connectivity index (χ4v) is 3.12. The lowest BCUT2D eigenvalue weighted by molar-refractivity contribution is -0.149. The van der Waals surface area contributed by atoms with Gasteiger partial charge >= 0.3 is 12.1 Å². The van der Waals surface area contributed by atoms with Gasteiger partial charge in [0, 0.05) is 11.0 Å². The molecule has 1 rings (SSSR count). The Morgan fingerprint density at radius 1 is 1.25 bits per heavy atom. The van der Waals surface area contributed by atoms with Crippen molar-refractivity contribution >= 4 is 46.4 Å². The minimum absolute atomic E-state index is 0.190. The van der Waals surface area contributed by atoms with E-state index in [1.165, 1.54) is 4.90 Å². The first kappa shape index (κ1) is 21.1. The van der Waals surface area contributed by atoms with Crippen molar-refractivity contribution in [1.29, 1.82) is 0 Å². The van der Waals surface area contributed by atoms with E-state index in [0.29, 0.717) is 24.0 Å². The number of hydrogen-bond donors (Lipinski definition) is 0. The van der Waals surface area contributed by atoms with Crippen LogP contribution in [0.4, 0.5) is 4.79 Å². The number of carbonyl (C=O) groups excluding carboxylic acids is 2. The third kappa shape index (κ3) is 7.29. The highest BCUT2D eigenvalue weighted by Crippen LogP contribution is 2.14. The van der Waals surface area contributed by atoms with Crippen LogP contribution in [-0.2, 0) is 20.9 Å². The number of halogens is 1. The number of rotatable bonds is 10. The zero-order valence-electron chi connectivity index (χ0n) is 14.1. The predicted molar refractivity (Wildman–Crippen MR) is 106 cm³/mol. The van der Waals surface area contributed by atoms with E-state index in [9.17, 15) is 9.59 Å². The minimum Gasteiger partial charge on any atom is -0.464 e. The number of esters is 1. The first-order valence-electron chi connectivity index (χ1n) is 7.82. The van der Waals surface area contributed by atoms with E-state index in [4.69, 9.17) is 9.47 Å². The van der Waals surface area contributed by atoms with E-state index in [2.05, 4.69) is 22.6 Å². The molecule has 0 aromatic heterocycles. The van der Waals surface area contributed by atoms with Crippen LogP contribution in [0.5, 0.6) is 0 Å². The van der Waals surface area contributed by atoms with Gasteiger partial charge in [-0.2, -0.15) is 11.8 Å². The van der Waals surface area contributed by atoms with Gasteiger partial charge < -0.3 is 9.47 Å². The molecule has 24 heavy (non-hydrogen) atoms. The molecule has 0 bridgehead atoms. The quantitative estimate of drug-likeness (QED) is 0.299. The third-order valence-corrected chi connectivity index (χ3v) is 4.42. The molecule has 0 radical (unpaired) electrons. The molecule has 1 atom stereocenters. The molecule has 5 nitrogen and oxygen atoms in total. The van der Waals surface area contributed by atoms with Gasteiger partial charge in [-0.3, -0.25) is 4.90 Å². The summed E-state index contributed by atoms with van der Waals surface area (Å²) >= 11 is 3.82. The Balaban J connectivity index is 2.78. The molecule has 1 aromatic rings. The molecule has 0 saturated heterocycles. The summed E-state index contributed by atoms with van der Waals surface area (Å²) in [6.45, 7) is 2.70. The van der Waals surface area contributed by atoms with E-state index in [1.54, 1.807) is 18.7 Å². The molecule has 0 unspecified atom stereocenters. The molecular weight excluding hydrogens is 441 g/mol. The minimum atomic E-state index is -0.601. The normalized spacial score (nSPS) is 11.6. The molecule has 0 saturated carbocycles. The van der Waals surface area contributed by atoms with Gasteiger partial charge in [0.15, 0.2) is 0 Å². The Morgan fingerprint density at radius 2 is 1.96 bits per heavy atom. The second kappa shape index (κ2) is 12.4. The lowest BCUT2D eigenvalue weighted by Crippen LogP contribution is -2.47. The standard InChI is InChI=1S/C17H24INO4S/c1-3-22-16(20)15(9-12-24-2)19(11-10-18)17(21)23-13-14-7-5-4-6-8-14/h4-8,15H,3,9-13H2,1-2H3/t15-/m0/s1. The van der Waals surface area contributed by atoms with Crippen molar-refractivity contribution in [1.82, 2.24) is 4.90 Å². The van der Waals surface area contributed by atoms with Crippen LogP contribution < -0.4 is 0 Å². The number of amides is 1. The van der Waals surface area contributed by atoms with Gasteiger partial charge in [0.25, 0.3) is 0 Å². The number of alkyl halides is 1. The molecule has 0 fully saturated rings. The van der Waals surface area contributed by atoms with Crippen molar-refractivity contribution in [2.24, 2.45) is 0 Å². The summed E-state index contributed by atoms with van der Waals surface area (Å²) in [6, 6.07) is 8.89. The lowest BCUT2D eigenvalue weighted by Gasteiger charge is -2.29. The molecule has 0 spiro atoms. The number of benzene rings is 1. The van der Waals surface area contributed by atoms with Gasteiger partial charge in [0.2, 0.25) is 0 Å². The molecule has 134 valence electrons. The Hall–Kier alpha value is -0.960. The van der Waals surface area contributed by atoms with E-state index < -0.39 is 12.1 Å². The Morgan fingerprint density at radius 3 is 2.54 bits per heavy atom. The summed E-state index contributed by atoms with van der Waals surface area (Å²) < 4.78 is 11.3. The topological polar surface area (TPSA) is 55.8 Å². The van der Waals surface area contributed by atoms with Gasteiger partial charge in [-0.05, 0) is 30.9 Å².